The average molecular weight is 523 g/mol. The lowest BCUT2D eigenvalue weighted by molar-refractivity contribution is 0.0690. The monoisotopic (exact) mass is 522 g/mol. The molecule has 0 aliphatic heterocycles. The summed E-state index contributed by atoms with van der Waals surface area (Å²) in [6.07, 6.45) is 0.706. The number of nitrogens with zero attached hydrogens (tertiary/aromatic N) is 5. The van der Waals surface area contributed by atoms with E-state index in [9.17, 15) is 14.4 Å². The number of anilines is 2. The Bertz CT molecular complexity index is 1620. The molecule has 2 N–H and O–H groups in total. The van der Waals surface area contributed by atoms with Gasteiger partial charge in [0.1, 0.15) is 12.0 Å². The van der Waals surface area contributed by atoms with Crippen LogP contribution in [0.2, 0.25) is 5.02 Å². The largest absolute Gasteiger partial charge is 0.476 e. The van der Waals surface area contributed by atoms with Crippen LogP contribution in [0.25, 0.3) is 0 Å². The van der Waals surface area contributed by atoms with Gasteiger partial charge in [0.2, 0.25) is 5.95 Å². The second kappa shape index (κ2) is 10.8. The number of hydrogen-bond acceptors (Lipinski definition) is 9. The van der Waals surface area contributed by atoms with E-state index in [0.717, 1.165) is 16.4 Å². The normalized spacial score (nSPS) is 10.6. The van der Waals surface area contributed by atoms with Gasteiger partial charge < -0.3 is 19.6 Å². The van der Waals surface area contributed by atoms with Crippen molar-refractivity contribution in [2.45, 2.75) is 26.4 Å². The first-order valence-corrected chi connectivity index (χ1v) is 11.2. The summed E-state index contributed by atoms with van der Waals surface area (Å²) in [5.41, 5.74) is 0.157. The van der Waals surface area contributed by atoms with E-state index in [0.29, 0.717) is 22.0 Å². The predicted molar refractivity (Wildman–Crippen MR) is 132 cm³/mol. The minimum Gasteiger partial charge on any atom is -0.476 e. The number of benzene rings is 2. The molecule has 188 valence electrons. The first kappa shape index (κ1) is 25.2. The number of nitriles is 1. The number of carboxylic acids is 1. The summed E-state index contributed by atoms with van der Waals surface area (Å²) in [6.45, 7) is 1.74. The SMILES string of the molecule is Cc1cc(Nc2nc(=O)n(CCC#N)c(=O)n2Cc2ccc(Cl)cc2)ccc1Oc1nc(C(=O)O)co1. The van der Waals surface area contributed by atoms with Crippen molar-refractivity contribution in [3.63, 3.8) is 0 Å². The Balaban J connectivity index is 1.65. The van der Waals surface area contributed by atoms with Crippen molar-refractivity contribution in [2.75, 3.05) is 5.32 Å². The standard InChI is InChI=1S/C24H19ClN6O6/c1-14-11-17(7-8-19(14)37-23-28-18(13-36-23)20(32)33)27-21-29-22(34)30(10-2-9-26)24(35)31(21)12-15-3-5-16(25)6-4-15/h3-8,11,13H,2,10,12H2,1H3,(H,32,33)(H,27,29,34). The number of aryl methyl sites for hydroxylation is 1. The molecule has 0 saturated heterocycles. The van der Waals surface area contributed by atoms with Gasteiger partial charge in [-0.15, -0.1) is 0 Å². The van der Waals surface area contributed by atoms with Crippen LogP contribution in [0.1, 0.15) is 28.0 Å². The molecule has 0 fully saturated rings. The van der Waals surface area contributed by atoms with Gasteiger partial charge in [-0.2, -0.15) is 15.2 Å². The van der Waals surface area contributed by atoms with Gasteiger partial charge >= 0.3 is 23.4 Å². The van der Waals surface area contributed by atoms with Crippen LogP contribution < -0.4 is 21.4 Å². The average Bonchev–Trinajstić information content (AvgIpc) is 3.33. The van der Waals surface area contributed by atoms with E-state index in [1.165, 1.54) is 4.57 Å². The predicted octanol–water partition coefficient (Wildman–Crippen LogP) is 3.55. The lowest BCUT2D eigenvalue weighted by Crippen LogP contribution is -2.42. The minimum atomic E-state index is -1.25. The molecule has 0 amide bonds. The van der Waals surface area contributed by atoms with E-state index in [1.54, 1.807) is 49.4 Å². The second-order valence-corrected chi connectivity index (χ2v) is 8.22. The van der Waals surface area contributed by atoms with Crippen LogP contribution in [0.3, 0.4) is 0 Å². The molecule has 0 saturated carbocycles. The first-order valence-electron chi connectivity index (χ1n) is 10.8. The van der Waals surface area contributed by atoms with Crippen molar-refractivity contribution in [3.8, 4) is 17.9 Å². The fraction of sp³-hybridized carbons (Fsp3) is 0.167. The van der Waals surface area contributed by atoms with Gasteiger partial charge in [-0.1, -0.05) is 23.7 Å². The molecule has 2 aromatic carbocycles. The summed E-state index contributed by atoms with van der Waals surface area (Å²) < 4.78 is 12.7. The zero-order valence-electron chi connectivity index (χ0n) is 19.3. The van der Waals surface area contributed by atoms with Gasteiger partial charge in [0, 0.05) is 17.3 Å². The number of rotatable bonds is 9. The summed E-state index contributed by atoms with van der Waals surface area (Å²) in [6, 6.07) is 13.7. The number of carbonyl (C=O) groups is 1. The van der Waals surface area contributed by atoms with E-state index >= 15 is 0 Å². The van der Waals surface area contributed by atoms with Crippen LogP contribution in [0.4, 0.5) is 11.6 Å². The maximum absolute atomic E-state index is 13.2. The van der Waals surface area contributed by atoms with Crippen molar-refractivity contribution in [1.29, 1.82) is 5.26 Å². The number of aromatic carboxylic acids is 1. The van der Waals surface area contributed by atoms with E-state index < -0.39 is 17.3 Å². The van der Waals surface area contributed by atoms with E-state index in [4.69, 9.17) is 31.1 Å². The van der Waals surface area contributed by atoms with Gasteiger partial charge in [-0.05, 0) is 48.4 Å². The number of ether oxygens (including phenoxy) is 1. The Kier molecular flexibility index (Phi) is 7.36. The highest BCUT2D eigenvalue weighted by molar-refractivity contribution is 6.30. The van der Waals surface area contributed by atoms with Crippen molar-refractivity contribution in [2.24, 2.45) is 0 Å². The zero-order chi connectivity index (χ0) is 26.5. The van der Waals surface area contributed by atoms with Crippen LogP contribution >= 0.6 is 11.6 Å². The van der Waals surface area contributed by atoms with Gasteiger partial charge in [0.15, 0.2) is 5.69 Å². The molecule has 0 bridgehead atoms. The zero-order valence-corrected chi connectivity index (χ0v) is 20.1. The van der Waals surface area contributed by atoms with Crippen LogP contribution in [-0.4, -0.2) is 30.2 Å². The minimum absolute atomic E-state index is 0.00465. The highest BCUT2D eigenvalue weighted by Gasteiger charge is 2.16. The van der Waals surface area contributed by atoms with Gasteiger partial charge in [-0.25, -0.2) is 19.0 Å². The smallest absolute Gasteiger partial charge is 0.399 e. The molecule has 0 aliphatic rings. The maximum Gasteiger partial charge on any atom is 0.399 e. The Hall–Kier alpha value is -4.89. The molecule has 4 aromatic rings. The second-order valence-electron chi connectivity index (χ2n) is 7.78. The first-order chi connectivity index (χ1) is 17.7. The molecule has 2 aromatic heterocycles. The molecule has 0 spiro atoms. The molecular weight excluding hydrogens is 504 g/mol. The third kappa shape index (κ3) is 5.85. The Morgan fingerprint density at radius 2 is 1.95 bits per heavy atom. The highest BCUT2D eigenvalue weighted by Crippen LogP contribution is 2.28. The number of oxazole rings is 1. The van der Waals surface area contributed by atoms with E-state index in [1.807, 2.05) is 6.07 Å². The summed E-state index contributed by atoms with van der Waals surface area (Å²) in [7, 11) is 0. The molecule has 13 heteroatoms. The number of halogens is 1. The topological polar surface area (TPSA) is 165 Å². The van der Waals surface area contributed by atoms with Crippen molar-refractivity contribution >= 4 is 29.2 Å². The summed E-state index contributed by atoms with van der Waals surface area (Å²) in [5.74, 6) is -0.894. The van der Waals surface area contributed by atoms with E-state index in [2.05, 4.69) is 15.3 Å². The summed E-state index contributed by atoms with van der Waals surface area (Å²) in [4.78, 5) is 44.5. The Morgan fingerprint density at radius 3 is 2.59 bits per heavy atom. The number of hydrogen-bond donors (Lipinski definition) is 2. The van der Waals surface area contributed by atoms with Crippen LogP contribution in [0.5, 0.6) is 11.8 Å². The summed E-state index contributed by atoms with van der Waals surface area (Å²) >= 11 is 5.97. The lowest BCUT2D eigenvalue weighted by atomic mass is 10.2. The molecule has 0 atom stereocenters. The molecule has 12 nitrogen and oxygen atoms in total. The molecule has 2 heterocycles. The van der Waals surface area contributed by atoms with E-state index in [-0.39, 0.29) is 37.2 Å². The third-order valence-electron chi connectivity index (χ3n) is 5.18. The lowest BCUT2D eigenvalue weighted by Gasteiger charge is -2.16. The fourth-order valence-corrected chi connectivity index (χ4v) is 3.49. The number of nitrogens with one attached hydrogen (secondary N) is 1. The fourth-order valence-electron chi connectivity index (χ4n) is 3.36. The highest BCUT2D eigenvalue weighted by atomic mass is 35.5. The third-order valence-corrected chi connectivity index (χ3v) is 5.43. The molecule has 0 aliphatic carbocycles. The number of aromatic nitrogens is 4. The Labute approximate surface area is 214 Å². The Morgan fingerprint density at radius 1 is 1.19 bits per heavy atom. The molecule has 0 unspecified atom stereocenters. The molecule has 4 rings (SSSR count). The van der Waals surface area contributed by atoms with Crippen LogP contribution in [-0.2, 0) is 13.1 Å². The quantitative estimate of drug-likeness (QED) is 0.332. The molecular formula is C24H19ClN6O6. The van der Waals surface area contributed by atoms with Crippen LogP contribution in [0.15, 0.2) is 62.7 Å². The van der Waals surface area contributed by atoms with Crippen molar-refractivity contribution < 1.29 is 19.1 Å². The summed E-state index contributed by atoms with van der Waals surface area (Å²) in [5, 5.41) is 21.4. The van der Waals surface area contributed by atoms with Crippen molar-refractivity contribution in [3.05, 3.63) is 91.5 Å². The van der Waals surface area contributed by atoms with Crippen LogP contribution in [0, 0.1) is 18.3 Å². The molecule has 37 heavy (non-hydrogen) atoms. The van der Waals surface area contributed by atoms with Gasteiger partial charge in [-0.3, -0.25) is 4.57 Å². The van der Waals surface area contributed by atoms with Gasteiger partial charge in [0.25, 0.3) is 0 Å². The molecule has 0 radical (unpaired) electrons. The maximum atomic E-state index is 13.2. The van der Waals surface area contributed by atoms with Gasteiger partial charge in [0.05, 0.1) is 19.0 Å². The number of carboxylic acid groups (broad SMARTS) is 1. The van der Waals surface area contributed by atoms with Crippen molar-refractivity contribution in [1.82, 2.24) is 19.1 Å².